The molecule has 37 heavy (non-hydrogen) atoms. The number of nitrogens with zero attached hydrogens (tertiary/aromatic N) is 5. The maximum atomic E-state index is 6.04. The van der Waals surface area contributed by atoms with E-state index in [0.717, 1.165) is 11.6 Å². The Labute approximate surface area is 233 Å². The Kier molecular flexibility index (Phi) is 13.6. The third-order valence-electron chi connectivity index (χ3n) is 7.01. The Hall–Kier alpha value is -1.43. The molecule has 0 amide bonds. The zero-order valence-corrected chi connectivity index (χ0v) is 25.5. The van der Waals surface area contributed by atoms with Gasteiger partial charge in [0, 0.05) is 42.8 Å². The second kappa shape index (κ2) is 15.9. The molecule has 0 bridgehead atoms. The number of hydrogen-bond donors (Lipinski definition) is 1. The van der Waals surface area contributed by atoms with Gasteiger partial charge in [-0.2, -0.15) is 0 Å². The number of thioether (sulfide) groups is 1. The van der Waals surface area contributed by atoms with Crippen LogP contribution in [0.4, 0.5) is 0 Å². The summed E-state index contributed by atoms with van der Waals surface area (Å²) in [5.74, 6) is 1.11. The highest BCUT2D eigenvalue weighted by molar-refractivity contribution is 7.99. The topological polar surface area (TPSA) is 79.4 Å². The summed E-state index contributed by atoms with van der Waals surface area (Å²) >= 11 is 6.27. The van der Waals surface area contributed by atoms with Gasteiger partial charge in [0.25, 0.3) is 0 Å². The highest BCUT2D eigenvalue weighted by Crippen LogP contribution is 2.36. The molecule has 208 valence electrons. The molecule has 2 aromatic heterocycles. The zero-order chi connectivity index (χ0) is 27.5. The lowest BCUT2D eigenvalue weighted by Gasteiger charge is -2.41. The molecule has 4 unspecified atom stereocenters. The van der Waals surface area contributed by atoms with Gasteiger partial charge >= 0.3 is 0 Å². The summed E-state index contributed by atoms with van der Waals surface area (Å²) in [6, 6.07) is 4.86. The van der Waals surface area contributed by atoms with Crippen molar-refractivity contribution in [3.8, 4) is 0 Å². The largest absolute Gasteiger partial charge is 0.375 e. The molecule has 4 rings (SSSR count). The fourth-order valence-electron chi connectivity index (χ4n) is 4.82. The fourth-order valence-corrected chi connectivity index (χ4v) is 6.04. The third kappa shape index (κ3) is 10.7. The van der Waals surface area contributed by atoms with Crippen molar-refractivity contribution in [3.63, 3.8) is 0 Å². The molecule has 2 aliphatic heterocycles. The van der Waals surface area contributed by atoms with Crippen molar-refractivity contribution in [1.82, 2.24) is 29.7 Å². The van der Waals surface area contributed by atoms with Crippen LogP contribution in [0.1, 0.15) is 47.5 Å². The van der Waals surface area contributed by atoms with Gasteiger partial charge < -0.3 is 24.3 Å². The van der Waals surface area contributed by atoms with Crippen molar-refractivity contribution in [2.45, 2.75) is 88.4 Å². The Morgan fingerprint density at radius 2 is 1.35 bits per heavy atom. The third-order valence-corrected chi connectivity index (χ3v) is 8.43. The van der Waals surface area contributed by atoms with E-state index >= 15 is 0 Å². The predicted molar refractivity (Wildman–Crippen MR) is 154 cm³/mol. The Bertz CT molecular complexity index is 930. The van der Waals surface area contributed by atoms with Crippen LogP contribution in [-0.2, 0) is 9.47 Å². The van der Waals surface area contributed by atoms with E-state index < -0.39 is 0 Å². The van der Waals surface area contributed by atoms with E-state index in [4.69, 9.17) is 9.47 Å². The highest BCUT2D eigenvalue weighted by atomic mass is 32.2. The lowest BCUT2D eigenvalue weighted by molar-refractivity contribution is -0.0921. The molecule has 1 N–H and O–H groups in total. The molecule has 0 radical (unpaired) electrons. The molecule has 2 aliphatic rings. The smallest absolute Gasteiger partial charge is 0.196 e. The van der Waals surface area contributed by atoms with Gasteiger partial charge in [0.05, 0.1) is 18.3 Å². The predicted octanol–water partition coefficient (Wildman–Crippen LogP) is 5.16. The average Bonchev–Trinajstić information content (AvgIpc) is 2.85. The van der Waals surface area contributed by atoms with E-state index in [1.165, 1.54) is 6.42 Å². The van der Waals surface area contributed by atoms with Crippen molar-refractivity contribution in [2.75, 3.05) is 28.2 Å². The maximum absolute atomic E-state index is 6.04. The molecule has 0 saturated carbocycles. The maximum Gasteiger partial charge on any atom is 0.196 e. The van der Waals surface area contributed by atoms with E-state index in [2.05, 4.69) is 105 Å². The van der Waals surface area contributed by atoms with E-state index in [-0.39, 0.29) is 11.5 Å². The second-order valence-electron chi connectivity index (χ2n) is 10.5. The molecular weight excluding hydrogens is 504 g/mol. The molecule has 2 aromatic rings. The summed E-state index contributed by atoms with van der Waals surface area (Å²) in [7, 11) is 8.59. The molecule has 8 nitrogen and oxygen atoms in total. The van der Waals surface area contributed by atoms with Crippen molar-refractivity contribution in [1.29, 1.82) is 0 Å². The standard InChI is InChI=1S/C13H21N3OS.C10H21NO.C4H4N2S/c1-9-8-11(16(3)4)10(2)12(17-9)18-13-14-6-5-7-15-13;1-7-6-10(11(4)5)8(2)9(3)12-7;7-4-5-2-1-3-6-4/h5-7,9-12H,8H2,1-4H3;7-10H,6H2,1-5H3;1-3H,(H,5,6,7)/t9-,10?,11?,12-;7-,8?,9-,10?;/m11./s1. The van der Waals surface area contributed by atoms with Gasteiger partial charge in [-0.3, -0.25) is 0 Å². The van der Waals surface area contributed by atoms with Crippen LogP contribution in [-0.4, -0.2) is 93.8 Å². The number of H-pyrrole nitrogens is 1. The minimum absolute atomic E-state index is 0.128. The molecule has 0 spiro atoms. The van der Waals surface area contributed by atoms with E-state index in [1.54, 1.807) is 42.6 Å². The first kappa shape index (κ1) is 31.8. The number of hydrogen-bond acceptors (Lipinski definition) is 9. The Balaban J connectivity index is 0.000000217. The van der Waals surface area contributed by atoms with Crippen molar-refractivity contribution in [3.05, 3.63) is 41.7 Å². The van der Waals surface area contributed by atoms with Crippen molar-refractivity contribution < 1.29 is 9.47 Å². The first-order chi connectivity index (χ1) is 17.5. The van der Waals surface area contributed by atoms with Gasteiger partial charge in [0.2, 0.25) is 0 Å². The van der Waals surface area contributed by atoms with Gasteiger partial charge in [-0.15, -0.1) is 0 Å². The molecule has 0 aromatic carbocycles. The average molecular weight is 551 g/mol. The summed E-state index contributed by atoms with van der Waals surface area (Å²) in [5.41, 5.74) is 0.128. The zero-order valence-electron chi connectivity index (χ0n) is 23.9. The Morgan fingerprint density at radius 3 is 1.84 bits per heavy atom. The summed E-state index contributed by atoms with van der Waals surface area (Å²) in [4.78, 5) is 19.6. The van der Waals surface area contributed by atoms with Crippen LogP contribution < -0.4 is 0 Å². The molecule has 2 saturated heterocycles. The minimum atomic E-state index is 0.128. The SMILES string of the molecule is CC1C(N(C)C)C[C@@H](C)O[C@@H]1C.CC1C(N(C)C)C[C@@H](C)O[C@@H]1Sc1ncccn1.S=c1nccc[nH]1. The fraction of sp³-hybridized carbons (Fsp3) is 0.704. The van der Waals surface area contributed by atoms with Crippen LogP contribution in [0.5, 0.6) is 0 Å². The second-order valence-corrected chi connectivity index (χ2v) is 11.9. The van der Waals surface area contributed by atoms with Crippen LogP contribution in [0.2, 0.25) is 0 Å². The van der Waals surface area contributed by atoms with Gasteiger partial charge in [-0.05, 0) is 92.1 Å². The Morgan fingerprint density at radius 1 is 0.811 bits per heavy atom. The number of rotatable bonds is 4. The molecule has 4 heterocycles. The lowest BCUT2D eigenvalue weighted by Crippen LogP contribution is -2.47. The first-order valence-electron chi connectivity index (χ1n) is 13.1. The first-order valence-corrected chi connectivity index (χ1v) is 14.4. The van der Waals surface area contributed by atoms with E-state index in [0.29, 0.717) is 40.9 Å². The summed E-state index contributed by atoms with van der Waals surface area (Å²) < 4.78 is 12.3. The van der Waals surface area contributed by atoms with Crippen molar-refractivity contribution >= 4 is 24.0 Å². The number of aromatic nitrogens is 4. The van der Waals surface area contributed by atoms with Crippen LogP contribution in [0.3, 0.4) is 0 Å². The van der Waals surface area contributed by atoms with Crippen LogP contribution in [0, 0.1) is 16.6 Å². The van der Waals surface area contributed by atoms with Crippen molar-refractivity contribution in [2.24, 2.45) is 11.8 Å². The molecular formula is C27H46N6O2S2. The van der Waals surface area contributed by atoms with Crippen LogP contribution in [0.25, 0.3) is 0 Å². The van der Waals surface area contributed by atoms with Gasteiger partial charge in [-0.25, -0.2) is 15.0 Å². The van der Waals surface area contributed by atoms with Crippen LogP contribution >= 0.6 is 24.0 Å². The van der Waals surface area contributed by atoms with Gasteiger partial charge in [0.1, 0.15) is 5.44 Å². The molecule has 10 heteroatoms. The highest BCUT2D eigenvalue weighted by Gasteiger charge is 2.36. The van der Waals surface area contributed by atoms with E-state index in [9.17, 15) is 0 Å². The summed E-state index contributed by atoms with van der Waals surface area (Å²) in [6.45, 7) is 11.0. The monoisotopic (exact) mass is 550 g/mol. The number of aromatic amines is 1. The molecule has 2 fully saturated rings. The van der Waals surface area contributed by atoms with Crippen LogP contribution in [0.15, 0.2) is 42.1 Å². The number of nitrogens with one attached hydrogen (secondary N) is 1. The minimum Gasteiger partial charge on any atom is -0.375 e. The van der Waals surface area contributed by atoms with Gasteiger partial charge in [-0.1, -0.05) is 25.6 Å². The van der Waals surface area contributed by atoms with Gasteiger partial charge in [0.15, 0.2) is 9.93 Å². The summed E-state index contributed by atoms with van der Waals surface area (Å²) in [6.07, 6.45) is 10.3. The quantitative estimate of drug-likeness (QED) is 0.410. The summed E-state index contributed by atoms with van der Waals surface area (Å²) in [5, 5.41) is 0.793. The lowest BCUT2D eigenvalue weighted by atomic mass is 9.88. The normalized spacial score (nSPS) is 31.6. The molecule has 8 atom stereocenters. The number of ether oxygens (including phenoxy) is 2. The molecule has 0 aliphatic carbocycles. The van der Waals surface area contributed by atoms with E-state index in [1.807, 2.05) is 6.07 Å².